The van der Waals surface area contributed by atoms with Crippen molar-refractivity contribution in [2.24, 2.45) is 0 Å². The standard InChI is InChI=1S/C25H21ClN2O3/c1-30-20-11-6-16(7-12-20)18-8-13-23-21(15-18)27-24(31-23)22-3-2-14-28(22)25(29)17-4-9-19(26)10-5-17/h4-13,15,22H,2-3,14H2,1H3/t22-/m1/s1. The van der Waals surface area contributed by atoms with E-state index in [9.17, 15) is 4.79 Å². The summed E-state index contributed by atoms with van der Waals surface area (Å²) in [4.78, 5) is 19.6. The number of halogens is 1. The van der Waals surface area contributed by atoms with E-state index in [4.69, 9.17) is 25.7 Å². The molecule has 1 amide bonds. The number of aromatic nitrogens is 1. The Bertz CT molecular complexity index is 1230. The maximum atomic E-state index is 13.1. The Morgan fingerprint density at radius 3 is 2.55 bits per heavy atom. The molecule has 31 heavy (non-hydrogen) atoms. The van der Waals surface area contributed by atoms with Crippen LogP contribution in [0.5, 0.6) is 5.75 Å². The van der Waals surface area contributed by atoms with Crippen LogP contribution in [-0.2, 0) is 0 Å². The number of carbonyl (C=O) groups excluding carboxylic acids is 1. The summed E-state index contributed by atoms with van der Waals surface area (Å²) in [6.45, 7) is 0.682. The van der Waals surface area contributed by atoms with Crippen molar-refractivity contribution >= 4 is 28.6 Å². The van der Waals surface area contributed by atoms with Gasteiger partial charge in [-0.25, -0.2) is 4.98 Å². The average molecular weight is 433 g/mol. The van der Waals surface area contributed by atoms with Gasteiger partial charge in [0.2, 0.25) is 5.89 Å². The first-order valence-corrected chi connectivity index (χ1v) is 10.6. The molecule has 5 rings (SSSR count). The van der Waals surface area contributed by atoms with Crippen molar-refractivity contribution in [3.05, 3.63) is 83.2 Å². The number of carbonyl (C=O) groups is 1. The second kappa shape index (κ2) is 8.08. The Balaban J connectivity index is 1.43. The minimum Gasteiger partial charge on any atom is -0.497 e. The van der Waals surface area contributed by atoms with E-state index < -0.39 is 0 Å². The first-order chi connectivity index (χ1) is 15.1. The summed E-state index contributed by atoms with van der Waals surface area (Å²) in [5.41, 5.74) is 4.25. The molecular formula is C25H21ClN2O3. The lowest BCUT2D eigenvalue weighted by Gasteiger charge is -2.22. The van der Waals surface area contributed by atoms with Crippen LogP contribution in [0.25, 0.3) is 22.2 Å². The summed E-state index contributed by atoms with van der Waals surface area (Å²) in [5.74, 6) is 1.38. The summed E-state index contributed by atoms with van der Waals surface area (Å²) in [6.07, 6.45) is 1.75. The number of fused-ring (bicyclic) bond motifs is 1. The number of rotatable bonds is 4. The van der Waals surface area contributed by atoms with Crippen LogP contribution in [-0.4, -0.2) is 29.4 Å². The van der Waals surface area contributed by atoms with Crippen molar-refractivity contribution in [1.29, 1.82) is 0 Å². The molecule has 6 heteroatoms. The molecule has 0 spiro atoms. The molecule has 0 aliphatic carbocycles. The van der Waals surface area contributed by atoms with Gasteiger partial charge in [0.1, 0.15) is 17.3 Å². The number of oxazole rings is 1. The second-order valence-electron chi connectivity index (χ2n) is 7.63. The van der Waals surface area contributed by atoms with E-state index in [0.717, 1.165) is 40.8 Å². The highest BCUT2D eigenvalue weighted by Gasteiger charge is 2.34. The van der Waals surface area contributed by atoms with Crippen molar-refractivity contribution in [2.45, 2.75) is 18.9 Å². The van der Waals surface area contributed by atoms with Gasteiger partial charge in [-0.3, -0.25) is 4.79 Å². The Morgan fingerprint density at radius 1 is 1.06 bits per heavy atom. The van der Waals surface area contributed by atoms with Gasteiger partial charge in [-0.05, 0) is 72.5 Å². The Hall–Kier alpha value is -3.31. The minimum absolute atomic E-state index is 0.0275. The van der Waals surface area contributed by atoms with Gasteiger partial charge in [-0.1, -0.05) is 29.8 Å². The minimum atomic E-state index is -0.167. The highest BCUT2D eigenvalue weighted by atomic mass is 35.5. The number of amides is 1. The summed E-state index contributed by atoms with van der Waals surface area (Å²) in [6, 6.07) is 20.7. The van der Waals surface area contributed by atoms with E-state index in [2.05, 4.69) is 0 Å². The molecule has 1 atom stereocenters. The number of hydrogen-bond donors (Lipinski definition) is 0. The molecule has 0 radical (unpaired) electrons. The fourth-order valence-corrected chi connectivity index (χ4v) is 4.20. The van der Waals surface area contributed by atoms with Crippen LogP contribution in [0.4, 0.5) is 0 Å². The van der Waals surface area contributed by atoms with E-state index >= 15 is 0 Å². The van der Waals surface area contributed by atoms with Gasteiger partial charge in [0.25, 0.3) is 5.91 Å². The lowest BCUT2D eigenvalue weighted by atomic mass is 10.1. The molecule has 4 aromatic rings. The largest absolute Gasteiger partial charge is 0.497 e. The van der Waals surface area contributed by atoms with Crippen LogP contribution < -0.4 is 4.74 Å². The molecule has 0 unspecified atom stereocenters. The zero-order valence-electron chi connectivity index (χ0n) is 17.0. The van der Waals surface area contributed by atoms with E-state index in [1.54, 1.807) is 31.4 Å². The smallest absolute Gasteiger partial charge is 0.254 e. The van der Waals surface area contributed by atoms with Gasteiger partial charge in [0.15, 0.2) is 5.58 Å². The van der Waals surface area contributed by atoms with Crippen LogP contribution in [0.3, 0.4) is 0 Å². The Kier molecular flexibility index (Phi) is 5.12. The van der Waals surface area contributed by atoms with Crippen LogP contribution in [0.1, 0.15) is 35.1 Å². The summed E-state index contributed by atoms with van der Waals surface area (Å²) < 4.78 is 11.3. The van der Waals surface area contributed by atoms with E-state index in [1.807, 2.05) is 47.4 Å². The number of hydrogen-bond acceptors (Lipinski definition) is 4. The topological polar surface area (TPSA) is 55.6 Å². The lowest BCUT2D eigenvalue weighted by Crippen LogP contribution is -2.30. The highest BCUT2D eigenvalue weighted by Crippen LogP contribution is 2.35. The molecule has 2 heterocycles. The number of benzene rings is 3. The van der Waals surface area contributed by atoms with Crippen molar-refractivity contribution in [2.75, 3.05) is 13.7 Å². The average Bonchev–Trinajstić information content (AvgIpc) is 3.45. The van der Waals surface area contributed by atoms with Crippen molar-refractivity contribution in [3.63, 3.8) is 0 Å². The third-order valence-corrected chi connectivity index (χ3v) is 5.97. The molecule has 0 saturated carbocycles. The quantitative estimate of drug-likeness (QED) is 0.389. The molecular weight excluding hydrogens is 412 g/mol. The van der Waals surface area contributed by atoms with Crippen molar-refractivity contribution in [3.8, 4) is 16.9 Å². The zero-order chi connectivity index (χ0) is 21.4. The maximum Gasteiger partial charge on any atom is 0.254 e. The molecule has 0 bridgehead atoms. The maximum absolute atomic E-state index is 13.1. The van der Waals surface area contributed by atoms with E-state index in [-0.39, 0.29) is 11.9 Å². The third-order valence-electron chi connectivity index (χ3n) is 5.72. The molecule has 5 nitrogen and oxygen atoms in total. The summed E-state index contributed by atoms with van der Waals surface area (Å²) in [5, 5.41) is 0.612. The zero-order valence-corrected chi connectivity index (χ0v) is 17.8. The van der Waals surface area contributed by atoms with Gasteiger partial charge in [-0.15, -0.1) is 0 Å². The SMILES string of the molecule is COc1ccc(-c2ccc3oc([C@H]4CCCN4C(=O)c4ccc(Cl)cc4)nc3c2)cc1. The molecule has 156 valence electrons. The third kappa shape index (κ3) is 3.77. The number of ether oxygens (including phenoxy) is 1. The number of methoxy groups -OCH3 is 1. The number of nitrogens with zero attached hydrogens (tertiary/aromatic N) is 2. The predicted molar refractivity (Wildman–Crippen MR) is 120 cm³/mol. The lowest BCUT2D eigenvalue weighted by molar-refractivity contribution is 0.0717. The van der Waals surface area contributed by atoms with E-state index in [1.165, 1.54) is 0 Å². The highest BCUT2D eigenvalue weighted by molar-refractivity contribution is 6.30. The van der Waals surface area contributed by atoms with Crippen molar-refractivity contribution in [1.82, 2.24) is 9.88 Å². The monoisotopic (exact) mass is 432 g/mol. The van der Waals surface area contributed by atoms with Gasteiger partial charge in [0.05, 0.1) is 7.11 Å². The first-order valence-electron chi connectivity index (χ1n) is 10.2. The van der Waals surface area contributed by atoms with Gasteiger partial charge >= 0.3 is 0 Å². The molecule has 1 aliphatic heterocycles. The fraction of sp³-hybridized carbons (Fsp3) is 0.200. The molecule has 1 aliphatic rings. The van der Waals surface area contributed by atoms with Crippen LogP contribution in [0.15, 0.2) is 71.1 Å². The summed E-state index contributed by atoms with van der Waals surface area (Å²) in [7, 11) is 1.65. The molecule has 0 N–H and O–H groups in total. The van der Waals surface area contributed by atoms with Gasteiger partial charge in [0, 0.05) is 17.1 Å². The Labute approximate surface area is 185 Å². The molecule has 1 saturated heterocycles. The second-order valence-corrected chi connectivity index (χ2v) is 8.06. The van der Waals surface area contributed by atoms with E-state index in [0.29, 0.717) is 23.0 Å². The van der Waals surface area contributed by atoms with Crippen LogP contribution in [0.2, 0.25) is 5.02 Å². The normalized spacial score (nSPS) is 16.1. The van der Waals surface area contributed by atoms with Gasteiger partial charge < -0.3 is 14.1 Å². The van der Waals surface area contributed by atoms with Gasteiger partial charge in [-0.2, -0.15) is 0 Å². The number of likely N-dealkylation sites (tertiary alicyclic amines) is 1. The fourth-order valence-electron chi connectivity index (χ4n) is 4.08. The van der Waals surface area contributed by atoms with Crippen LogP contribution in [0, 0.1) is 0 Å². The van der Waals surface area contributed by atoms with Crippen molar-refractivity contribution < 1.29 is 13.9 Å². The Morgan fingerprint density at radius 2 is 1.81 bits per heavy atom. The predicted octanol–water partition coefficient (Wildman–Crippen LogP) is 6.13. The first kappa shape index (κ1) is 19.6. The molecule has 1 fully saturated rings. The summed E-state index contributed by atoms with van der Waals surface area (Å²) >= 11 is 5.96. The molecule has 1 aromatic heterocycles. The van der Waals surface area contributed by atoms with Crippen LogP contribution >= 0.6 is 11.6 Å². The molecule has 3 aromatic carbocycles.